The summed E-state index contributed by atoms with van der Waals surface area (Å²) in [7, 11) is 0. The summed E-state index contributed by atoms with van der Waals surface area (Å²) >= 11 is 11.6. The Morgan fingerprint density at radius 1 is 1.30 bits per heavy atom. The SMILES string of the molecule is CC(C)[C@@H](NC(=O)COc1ccc(Cl)c(Cl)c1)C(=O)O. The van der Waals surface area contributed by atoms with Gasteiger partial charge in [0.05, 0.1) is 10.0 Å². The highest BCUT2D eigenvalue weighted by molar-refractivity contribution is 6.42. The van der Waals surface area contributed by atoms with Gasteiger partial charge in [0.1, 0.15) is 11.8 Å². The molecule has 0 radical (unpaired) electrons. The predicted molar refractivity (Wildman–Crippen MR) is 76.4 cm³/mol. The van der Waals surface area contributed by atoms with E-state index in [1.165, 1.54) is 6.07 Å². The lowest BCUT2D eigenvalue weighted by atomic mass is 10.1. The number of amides is 1. The van der Waals surface area contributed by atoms with Crippen molar-refractivity contribution < 1.29 is 19.4 Å². The van der Waals surface area contributed by atoms with Crippen LogP contribution in [0.15, 0.2) is 18.2 Å². The van der Waals surface area contributed by atoms with Crippen molar-refractivity contribution in [1.29, 1.82) is 0 Å². The van der Waals surface area contributed by atoms with E-state index in [0.717, 1.165) is 0 Å². The largest absolute Gasteiger partial charge is 0.484 e. The molecule has 5 nitrogen and oxygen atoms in total. The third-order valence-electron chi connectivity index (χ3n) is 2.51. The molecule has 0 fully saturated rings. The molecular weight excluding hydrogens is 305 g/mol. The molecule has 1 atom stereocenters. The molecule has 7 heteroatoms. The fraction of sp³-hybridized carbons (Fsp3) is 0.385. The van der Waals surface area contributed by atoms with Gasteiger partial charge in [0.15, 0.2) is 6.61 Å². The highest BCUT2D eigenvalue weighted by atomic mass is 35.5. The molecule has 0 heterocycles. The minimum absolute atomic E-state index is 0.221. The van der Waals surface area contributed by atoms with Crippen molar-refractivity contribution in [3.8, 4) is 5.75 Å². The quantitative estimate of drug-likeness (QED) is 0.845. The van der Waals surface area contributed by atoms with Gasteiger partial charge in [-0.3, -0.25) is 4.79 Å². The molecule has 0 aliphatic heterocycles. The second-order valence-electron chi connectivity index (χ2n) is 4.49. The Balaban J connectivity index is 2.54. The normalized spacial score (nSPS) is 12.1. The monoisotopic (exact) mass is 319 g/mol. The van der Waals surface area contributed by atoms with Crippen molar-refractivity contribution >= 4 is 35.1 Å². The molecule has 110 valence electrons. The average molecular weight is 320 g/mol. The van der Waals surface area contributed by atoms with Gasteiger partial charge in [0.2, 0.25) is 0 Å². The van der Waals surface area contributed by atoms with Crippen LogP contribution in [-0.4, -0.2) is 29.6 Å². The van der Waals surface area contributed by atoms with Crippen molar-refractivity contribution in [2.75, 3.05) is 6.61 Å². The average Bonchev–Trinajstić information content (AvgIpc) is 2.36. The van der Waals surface area contributed by atoms with Crippen molar-refractivity contribution in [3.63, 3.8) is 0 Å². The Labute approximate surface area is 126 Å². The minimum atomic E-state index is -1.08. The number of benzene rings is 1. The van der Waals surface area contributed by atoms with Crippen LogP contribution in [0.4, 0.5) is 0 Å². The van der Waals surface area contributed by atoms with Crippen LogP contribution in [0, 0.1) is 5.92 Å². The number of aliphatic carboxylic acids is 1. The summed E-state index contributed by atoms with van der Waals surface area (Å²) in [6.45, 7) is 3.12. The van der Waals surface area contributed by atoms with Crippen molar-refractivity contribution in [2.24, 2.45) is 5.92 Å². The van der Waals surface area contributed by atoms with Crippen molar-refractivity contribution in [3.05, 3.63) is 28.2 Å². The zero-order chi connectivity index (χ0) is 15.3. The molecule has 1 amide bonds. The van der Waals surface area contributed by atoms with Gasteiger partial charge in [-0.05, 0) is 18.1 Å². The summed E-state index contributed by atoms with van der Waals surface area (Å²) in [6, 6.07) is 3.65. The Bertz CT molecular complexity index is 505. The number of halogens is 2. The molecule has 0 aliphatic rings. The van der Waals surface area contributed by atoms with Crippen LogP contribution < -0.4 is 10.1 Å². The summed E-state index contributed by atoms with van der Waals surface area (Å²) in [5, 5.41) is 12.0. The zero-order valence-corrected chi connectivity index (χ0v) is 12.5. The number of carbonyl (C=O) groups excluding carboxylic acids is 1. The molecule has 0 unspecified atom stereocenters. The van der Waals surface area contributed by atoms with Crippen LogP contribution in [-0.2, 0) is 9.59 Å². The van der Waals surface area contributed by atoms with Crippen LogP contribution in [0.25, 0.3) is 0 Å². The number of hydrogen-bond donors (Lipinski definition) is 2. The third-order valence-corrected chi connectivity index (χ3v) is 3.25. The van der Waals surface area contributed by atoms with Crippen LogP contribution in [0.1, 0.15) is 13.8 Å². The first-order valence-electron chi connectivity index (χ1n) is 5.91. The maximum atomic E-state index is 11.6. The Morgan fingerprint density at radius 2 is 1.95 bits per heavy atom. The Hall–Kier alpha value is -1.46. The molecule has 2 N–H and O–H groups in total. The van der Waals surface area contributed by atoms with Gasteiger partial charge in [-0.2, -0.15) is 0 Å². The molecule has 0 saturated heterocycles. The second-order valence-corrected chi connectivity index (χ2v) is 5.31. The van der Waals surface area contributed by atoms with E-state index in [1.807, 2.05) is 0 Å². The van der Waals surface area contributed by atoms with E-state index in [1.54, 1.807) is 26.0 Å². The number of carboxylic acid groups (broad SMARTS) is 1. The fourth-order valence-electron chi connectivity index (χ4n) is 1.44. The number of hydrogen-bond acceptors (Lipinski definition) is 3. The lowest BCUT2D eigenvalue weighted by molar-refractivity contribution is -0.143. The maximum Gasteiger partial charge on any atom is 0.326 e. The van der Waals surface area contributed by atoms with Gasteiger partial charge >= 0.3 is 5.97 Å². The summed E-state index contributed by atoms with van der Waals surface area (Å²) in [6.07, 6.45) is 0. The number of nitrogens with one attached hydrogen (secondary N) is 1. The third kappa shape index (κ3) is 4.90. The highest BCUT2D eigenvalue weighted by Crippen LogP contribution is 2.26. The molecule has 20 heavy (non-hydrogen) atoms. The van der Waals surface area contributed by atoms with E-state index in [-0.39, 0.29) is 12.5 Å². The molecule has 1 aromatic rings. The van der Waals surface area contributed by atoms with Crippen LogP contribution in [0.3, 0.4) is 0 Å². The number of ether oxygens (including phenoxy) is 1. The van der Waals surface area contributed by atoms with Gasteiger partial charge in [-0.15, -0.1) is 0 Å². The van der Waals surface area contributed by atoms with E-state index in [9.17, 15) is 9.59 Å². The number of carbonyl (C=O) groups is 2. The van der Waals surface area contributed by atoms with Gasteiger partial charge in [-0.25, -0.2) is 4.79 Å². The first kappa shape index (κ1) is 16.6. The predicted octanol–water partition coefficient (Wildman–Crippen LogP) is 2.60. The first-order chi connectivity index (χ1) is 9.31. The molecule has 0 spiro atoms. The van der Waals surface area contributed by atoms with Gasteiger partial charge in [0, 0.05) is 6.07 Å². The summed E-state index contributed by atoms with van der Waals surface area (Å²) < 4.78 is 5.22. The lowest BCUT2D eigenvalue weighted by Crippen LogP contribution is -2.46. The Kier molecular flexibility index (Phi) is 6.10. The zero-order valence-electron chi connectivity index (χ0n) is 11.0. The summed E-state index contributed by atoms with van der Waals surface area (Å²) in [5.74, 6) is -1.44. The molecular formula is C13H15Cl2NO4. The van der Waals surface area contributed by atoms with Crippen LogP contribution in [0.2, 0.25) is 10.0 Å². The number of carboxylic acids is 1. The van der Waals surface area contributed by atoms with Gasteiger partial charge < -0.3 is 15.2 Å². The molecule has 0 aliphatic carbocycles. The molecule has 0 saturated carbocycles. The van der Waals surface area contributed by atoms with Gasteiger partial charge in [-0.1, -0.05) is 37.0 Å². The van der Waals surface area contributed by atoms with E-state index < -0.39 is 17.9 Å². The van der Waals surface area contributed by atoms with Crippen molar-refractivity contribution in [1.82, 2.24) is 5.32 Å². The van der Waals surface area contributed by atoms with Crippen LogP contribution in [0.5, 0.6) is 5.75 Å². The number of rotatable bonds is 6. The fourth-order valence-corrected chi connectivity index (χ4v) is 1.73. The topological polar surface area (TPSA) is 75.6 Å². The molecule has 1 aromatic carbocycles. The second kappa shape index (κ2) is 7.36. The van der Waals surface area contributed by atoms with E-state index in [4.69, 9.17) is 33.0 Å². The molecule has 1 rings (SSSR count). The smallest absolute Gasteiger partial charge is 0.326 e. The van der Waals surface area contributed by atoms with Crippen LogP contribution >= 0.6 is 23.2 Å². The highest BCUT2D eigenvalue weighted by Gasteiger charge is 2.23. The van der Waals surface area contributed by atoms with E-state index in [2.05, 4.69) is 5.32 Å². The van der Waals surface area contributed by atoms with E-state index >= 15 is 0 Å². The summed E-state index contributed by atoms with van der Waals surface area (Å²) in [5.41, 5.74) is 0. The summed E-state index contributed by atoms with van der Waals surface area (Å²) in [4.78, 5) is 22.6. The maximum absolute atomic E-state index is 11.6. The standard InChI is InChI=1S/C13H15Cl2NO4/c1-7(2)12(13(18)19)16-11(17)6-20-8-3-4-9(14)10(15)5-8/h3-5,7,12H,6H2,1-2H3,(H,16,17)(H,18,19)/t12-/m1/s1. The van der Waals surface area contributed by atoms with E-state index in [0.29, 0.717) is 15.8 Å². The van der Waals surface area contributed by atoms with Crippen molar-refractivity contribution in [2.45, 2.75) is 19.9 Å². The Morgan fingerprint density at radius 3 is 2.45 bits per heavy atom. The minimum Gasteiger partial charge on any atom is -0.484 e. The molecule has 0 bridgehead atoms. The lowest BCUT2D eigenvalue weighted by Gasteiger charge is -2.18. The first-order valence-corrected chi connectivity index (χ1v) is 6.67. The molecule has 0 aromatic heterocycles. The van der Waals surface area contributed by atoms with Gasteiger partial charge in [0.25, 0.3) is 5.91 Å².